The highest BCUT2D eigenvalue weighted by Crippen LogP contribution is 2.16. The molecule has 21 heavy (non-hydrogen) atoms. The number of rotatable bonds is 6. The molecular weight excluding hydrogens is 288 g/mol. The van der Waals surface area contributed by atoms with Gasteiger partial charge in [0, 0.05) is 32.1 Å². The van der Waals surface area contributed by atoms with E-state index in [0.717, 1.165) is 31.9 Å². The van der Waals surface area contributed by atoms with Gasteiger partial charge in [-0.3, -0.25) is 0 Å². The van der Waals surface area contributed by atoms with Gasteiger partial charge in [0.2, 0.25) is 0 Å². The van der Waals surface area contributed by atoms with Crippen LogP contribution in [0.25, 0.3) is 0 Å². The van der Waals surface area contributed by atoms with Gasteiger partial charge >= 0.3 is 0 Å². The average molecular weight is 308 g/mol. The Hall–Kier alpha value is -1.65. The molecule has 1 N–H and O–H groups in total. The van der Waals surface area contributed by atoms with Crippen molar-refractivity contribution >= 4 is 15.7 Å². The van der Waals surface area contributed by atoms with E-state index in [9.17, 15) is 8.42 Å². The van der Waals surface area contributed by atoms with Crippen LogP contribution >= 0.6 is 0 Å². The number of hydrogen-bond donors (Lipinski definition) is 1. The Morgan fingerprint density at radius 1 is 1.52 bits per heavy atom. The fourth-order valence-corrected chi connectivity index (χ4v) is 2.98. The Bertz CT molecular complexity index is 607. The lowest BCUT2D eigenvalue weighted by molar-refractivity contribution is 0.345. The van der Waals surface area contributed by atoms with E-state index in [1.165, 1.54) is 6.26 Å². The minimum atomic E-state index is -2.88. The van der Waals surface area contributed by atoms with Gasteiger partial charge in [-0.1, -0.05) is 0 Å². The molecule has 1 atom stereocenters. The van der Waals surface area contributed by atoms with Crippen LogP contribution in [0, 0.1) is 17.2 Å². The second kappa shape index (κ2) is 6.87. The molecule has 0 radical (unpaired) electrons. The van der Waals surface area contributed by atoms with Gasteiger partial charge in [0.25, 0.3) is 0 Å². The minimum absolute atomic E-state index is 0.227. The summed E-state index contributed by atoms with van der Waals surface area (Å²) in [4.78, 5) is 6.37. The molecule has 2 heterocycles. The molecule has 0 spiro atoms. The van der Waals surface area contributed by atoms with E-state index in [-0.39, 0.29) is 5.75 Å². The van der Waals surface area contributed by atoms with Crippen molar-refractivity contribution in [3.05, 3.63) is 23.9 Å². The maximum Gasteiger partial charge on any atom is 0.148 e. The van der Waals surface area contributed by atoms with Crippen LogP contribution in [-0.2, 0) is 9.84 Å². The predicted molar refractivity (Wildman–Crippen MR) is 81.7 cm³/mol. The predicted octanol–water partition coefficient (Wildman–Crippen LogP) is 0.732. The highest BCUT2D eigenvalue weighted by molar-refractivity contribution is 7.90. The number of likely N-dealkylation sites (tertiary alicyclic amines) is 1. The molecule has 1 aliphatic rings. The maximum absolute atomic E-state index is 11.2. The molecule has 0 unspecified atom stereocenters. The Kier molecular flexibility index (Phi) is 5.15. The molecule has 0 saturated carbocycles. The van der Waals surface area contributed by atoms with Crippen molar-refractivity contribution in [1.29, 1.82) is 5.26 Å². The van der Waals surface area contributed by atoms with Crippen LogP contribution in [0.3, 0.4) is 0 Å². The standard InChI is InChI=1S/C14H20N4O2S/c1-21(19,20)7-6-18-5-4-13(11-18)10-17-14-3-2-12(8-15)9-16-14/h2-3,9,13H,4-7,10-11H2,1H3,(H,16,17)/t13-/m1/s1. The first kappa shape index (κ1) is 15.7. The topological polar surface area (TPSA) is 86.1 Å². The Morgan fingerprint density at radius 2 is 2.33 bits per heavy atom. The Morgan fingerprint density at radius 3 is 2.95 bits per heavy atom. The summed E-state index contributed by atoms with van der Waals surface area (Å²) in [6.45, 7) is 3.29. The van der Waals surface area contributed by atoms with E-state index in [4.69, 9.17) is 5.26 Å². The molecule has 1 aromatic rings. The van der Waals surface area contributed by atoms with Gasteiger partial charge in [-0.05, 0) is 31.0 Å². The van der Waals surface area contributed by atoms with Gasteiger partial charge in [-0.25, -0.2) is 13.4 Å². The van der Waals surface area contributed by atoms with E-state index < -0.39 is 9.84 Å². The number of anilines is 1. The monoisotopic (exact) mass is 308 g/mol. The van der Waals surface area contributed by atoms with Crippen molar-refractivity contribution in [2.75, 3.05) is 43.5 Å². The zero-order chi connectivity index (χ0) is 15.3. The number of hydrogen-bond acceptors (Lipinski definition) is 6. The molecule has 114 valence electrons. The van der Waals surface area contributed by atoms with E-state index in [2.05, 4.69) is 15.2 Å². The molecule has 1 aliphatic heterocycles. The average Bonchev–Trinajstić information content (AvgIpc) is 2.91. The molecule has 7 heteroatoms. The Balaban J connectivity index is 1.74. The molecule has 0 aromatic carbocycles. The summed E-state index contributed by atoms with van der Waals surface area (Å²) >= 11 is 0. The van der Waals surface area contributed by atoms with Crippen molar-refractivity contribution in [1.82, 2.24) is 9.88 Å². The van der Waals surface area contributed by atoms with Gasteiger partial charge in [-0.2, -0.15) is 5.26 Å². The van der Waals surface area contributed by atoms with Gasteiger partial charge in [0.15, 0.2) is 0 Å². The van der Waals surface area contributed by atoms with Crippen LogP contribution in [0.15, 0.2) is 18.3 Å². The summed E-state index contributed by atoms with van der Waals surface area (Å²) in [6.07, 6.45) is 3.89. The van der Waals surface area contributed by atoms with Crippen molar-refractivity contribution in [2.24, 2.45) is 5.92 Å². The number of pyridine rings is 1. The van der Waals surface area contributed by atoms with Crippen molar-refractivity contribution in [3.8, 4) is 6.07 Å². The summed E-state index contributed by atoms with van der Waals surface area (Å²) in [5.41, 5.74) is 0.549. The van der Waals surface area contributed by atoms with Gasteiger partial charge in [-0.15, -0.1) is 0 Å². The van der Waals surface area contributed by atoms with Crippen LogP contribution in [0.1, 0.15) is 12.0 Å². The zero-order valence-corrected chi connectivity index (χ0v) is 12.9. The van der Waals surface area contributed by atoms with Crippen LogP contribution in [0.4, 0.5) is 5.82 Å². The summed E-state index contributed by atoms with van der Waals surface area (Å²) in [5.74, 6) is 1.50. The first-order valence-electron chi connectivity index (χ1n) is 6.96. The fraction of sp³-hybridized carbons (Fsp3) is 0.571. The normalized spacial score (nSPS) is 19.3. The van der Waals surface area contributed by atoms with Crippen LogP contribution in [-0.4, -0.2) is 56.5 Å². The molecule has 0 aliphatic carbocycles. The summed E-state index contributed by atoms with van der Waals surface area (Å²) in [7, 11) is -2.88. The van der Waals surface area contributed by atoms with Crippen molar-refractivity contribution < 1.29 is 8.42 Å². The van der Waals surface area contributed by atoms with Crippen molar-refractivity contribution in [3.63, 3.8) is 0 Å². The second-order valence-electron chi connectivity index (χ2n) is 5.51. The fourth-order valence-electron chi connectivity index (χ4n) is 2.39. The van der Waals surface area contributed by atoms with Crippen molar-refractivity contribution in [2.45, 2.75) is 6.42 Å². The van der Waals surface area contributed by atoms with Gasteiger partial charge in [0.05, 0.1) is 11.3 Å². The van der Waals surface area contributed by atoms with E-state index in [0.29, 0.717) is 18.0 Å². The molecule has 0 bridgehead atoms. The van der Waals surface area contributed by atoms with Crippen LogP contribution in [0.5, 0.6) is 0 Å². The second-order valence-corrected chi connectivity index (χ2v) is 7.77. The third-order valence-electron chi connectivity index (χ3n) is 3.61. The smallest absolute Gasteiger partial charge is 0.148 e. The highest BCUT2D eigenvalue weighted by Gasteiger charge is 2.22. The number of sulfone groups is 1. The van der Waals surface area contributed by atoms with E-state index >= 15 is 0 Å². The number of nitrogens with zero attached hydrogens (tertiary/aromatic N) is 3. The first-order valence-corrected chi connectivity index (χ1v) is 9.02. The van der Waals surface area contributed by atoms with Gasteiger partial charge in [0.1, 0.15) is 21.7 Å². The number of nitriles is 1. The summed E-state index contributed by atoms with van der Waals surface area (Å²) < 4.78 is 22.3. The maximum atomic E-state index is 11.2. The molecule has 1 aromatic heterocycles. The lowest BCUT2D eigenvalue weighted by Gasteiger charge is -2.15. The minimum Gasteiger partial charge on any atom is -0.370 e. The van der Waals surface area contributed by atoms with Crippen LogP contribution < -0.4 is 5.32 Å². The lowest BCUT2D eigenvalue weighted by Crippen LogP contribution is -2.28. The van der Waals surface area contributed by atoms with E-state index in [1.807, 2.05) is 6.07 Å². The highest BCUT2D eigenvalue weighted by atomic mass is 32.2. The third-order valence-corrected chi connectivity index (χ3v) is 4.54. The van der Waals surface area contributed by atoms with Crippen LogP contribution in [0.2, 0.25) is 0 Å². The zero-order valence-electron chi connectivity index (χ0n) is 12.1. The summed E-state index contributed by atoms with van der Waals surface area (Å²) in [5, 5.41) is 12.0. The largest absolute Gasteiger partial charge is 0.370 e. The number of aromatic nitrogens is 1. The quantitative estimate of drug-likeness (QED) is 0.834. The lowest BCUT2D eigenvalue weighted by atomic mass is 10.1. The molecule has 0 amide bonds. The number of nitrogens with one attached hydrogen (secondary N) is 1. The molecule has 1 fully saturated rings. The first-order chi connectivity index (χ1) is 9.96. The van der Waals surface area contributed by atoms with Gasteiger partial charge < -0.3 is 10.2 Å². The third kappa shape index (κ3) is 5.33. The Labute approximate surface area is 125 Å². The molecular formula is C14H20N4O2S. The van der Waals surface area contributed by atoms with E-state index in [1.54, 1.807) is 18.3 Å². The summed E-state index contributed by atoms with van der Waals surface area (Å²) in [6, 6.07) is 5.58. The molecule has 2 rings (SSSR count). The molecule has 1 saturated heterocycles. The molecule has 6 nitrogen and oxygen atoms in total. The SMILES string of the molecule is CS(=O)(=O)CCN1CC[C@H](CNc2ccc(C#N)cn2)C1.